The lowest BCUT2D eigenvalue weighted by atomic mass is 10.1. The first-order valence-electron chi connectivity index (χ1n) is 10.7. The quantitative estimate of drug-likeness (QED) is 0.414. The van der Waals surface area contributed by atoms with E-state index >= 15 is 8.78 Å². The standard InChI is InChI=1S/C24H26F2N4O3/c1-24(2,31)15-33-23-20(26)21(30-9-11-32-12-10-30)19(25)22(28-23)29-27-14-16-7-8-17-5-3-4-6-18(17)13-16/h3-8,13-14,31H,9-12,15H2,1-2H3,(H,28,29)/b27-14+. The number of nitrogens with one attached hydrogen (secondary N) is 1. The maximum absolute atomic E-state index is 15.3. The fourth-order valence-corrected chi connectivity index (χ4v) is 3.44. The molecule has 0 bridgehead atoms. The van der Waals surface area contributed by atoms with E-state index in [0.717, 1.165) is 16.3 Å². The Kier molecular flexibility index (Phi) is 6.71. The van der Waals surface area contributed by atoms with E-state index in [0.29, 0.717) is 26.3 Å². The summed E-state index contributed by atoms with van der Waals surface area (Å²) in [5, 5.41) is 16.2. The van der Waals surface area contributed by atoms with Crippen LogP contribution in [0.3, 0.4) is 0 Å². The first-order valence-corrected chi connectivity index (χ1v) is 10.7. The molecule has 174 valence electrons. The fraction of sp³-hybridized carbons (Fsp3) is 0.333. The summed E-state index contributed by atoms with van der Waals surface area (Å²) in [6.45, 7) is 4.17. The summed E-state index contributed by atoms with van der Waals surface area (Å²) in [5.74, 6) is -2.49. The number of nitrogens with zero attached hydrogens (tertiary/aromatic N) is 3. The van der Waals surface area contributed by atoms with E-state index in [2.05, 4.69) is 15.5 Å². The van der Waals surface area contributed by atoms with Crippen molar-refractivity contribution in [3.05, 3.63) is 59.7 Å². The summed E-state index contributed by atoms with van der Waals surface area (Å²) in [7, 11) is 0. The highest BCUT2D eigenvalue weighted by Gasteiger charge is 2.28. The Morgan fingerprint density at radius 2 is 1.88 bits per heavy atom. The number of fused-ring (bicyclic) bond motifs is 1. The first kappa shape index (κ1) is 22.9. The molecular weight excluding hydrogens is 430 g/mol. The summed E-state index contributed by atoms with van der Waals surface area (Å²) in [4.78, 5) is 5.49. The molecule has 0 atom stereocenters. The molecule has 1 aliphatic rings. The van der Waals surface area contributed by atoms with Crippen molar-refractivity contribution in [3.8, 4) is 5.88 Å². The smallest absolute Gasteiger partial charge is 0.254 e. The van der Waals surface area contributed by atoms with Gasteiger partial charge in [0, 0.05) is 13.1 Å². The van der Waals surface area contributed by atoms with Crippen molar-refractivity contribution in [2.75, 3.05) is 43.2 Å². The molecule has 1 saturated heterocycles. The van der Waals surface area contributed by atoms with Crippen molar-refractivity contribution >= 4 is 28.5 Å². The molecule has 4 rings (SSSR count). The first-order chi connectivity index (χ1) is 15.8. The van der Waals surface area contributed by atoms with Crippen LogP contribution >= 0.6 is 0 Å². The molecule has 0 spiro atoms. The highest BCUT2D eigenvalue weighted by atomic mass is 19.1. The Bertz CT molecular complexity index is 1160. The van der Waals surface area contributed by atoms with Crippen LogP contribution in [0.15, 0.2) is 47.6 Å². The number of aromatic nitrogens is 1. The van der Waals surface area contributed by atoms with Crippen LogP contribution in [0.25, 0.3) is 10.8 Å². The topological polar surface area (TPSA) is 79.2 Å². The summed E-state index contributed by atoms with van der Waals surface area (Å²) < 4.78 is 41.1. The van der Waals surface area contributed by atoms with E-state index in [1.165, 1.54) is 20.1 Å². The van der Waals surface area contributed by atoms with Crippen LogP contribution in [0.2, 0.25) is 0 Å². The predicted octanol–water partition coefficient (Wildman–Crippen LogP) is 3.95. The molecule has 9 heteroatoms. The third-order valence-corrected chi connectivity index (χ3v) is 5.07. The number of aliphatic hydroxyl groups is 1. The Morgan fingerprint density at radius 1 is 1.15 bits per heavy atom. The van der Waals surface area contributed by atoms with Crippen molar-refractivity contribution in [1.29, 1.82) is 0 Å². The Morgan fingerprint density at radius 3 is 2.61 bits per heavy atom. The minimum absolute atomic E-state index is 0.217. The number of benzene rings is 2. The zero-order valence-corrected chi connectivity index (χ0v) is 18.5. The van der Waals surface area contributed by atoms with Gasteiger partial charge in [-0.3, -0.25) is 5.43 Å². The third kappa shape index (κ3) is 5.55. The molecule has 3 aromatic rings. The molecule has 1 aromatic heterocycles. The lowest BCUT2D eigenvalue weighted by Crippen LogP contribution is -2.37. The van der Waals surface area contributed by atoms with Crippen molar-refractivity contribution < 1.29 is 23.4 Å². The van der Waals surface area contributed by atoms with Gasteiger partial charge in [-0.1, -0.05) is 36.4 Å². The van der Waals surface area contributed by atoms with Crippen LogP contribution in [-0.2, 0) is 4.74 Å². The van der Waals surface area contributed by atoms with Gasteiger partial charge >= 0.3 is 0 Å². The third-order valence-electron chi connectivity index (χ3n) is 5.07. The monoisotopic (exact) mass is 456 g/mol. The largest absolute Gasteiger partial charge is 0.472 e. The van der Waals surface area contributed by atoms with E-state index in [1.807, 2.05) is 42.5 Å². The molecule has 33 heavy (non-hydrogen) atoms. The zero-order chi connectivity index (χ0) is 23.4. The summed E-state index contributed by atoms with van der Waals surface area (Å²) in [5.41, 5.74) is 1.89. The summed E-state index contributed by atoms with van der Waals surface area (Å²) in [6, 6.07) is 13.7. The van der Waals surface area contributed by atoms with Gasteiger partial charge in [0.25, 0.3) is 5.88 Å². The highest BCUT2D eigenvalue weighted by Crippen LogP contribution is 2.34. The van der Waals surface area contributed by atoms with Gasteiger partial charge in [-0.15, -0.1) is 0 Å². The molecule has 0 amide bonds. The van der Waals surface area contributed by atoms with Crippen LogP contribution in [0, 0.1) is 11.6 Å². The molecule has 7 nitrogen and oxygen atoms in total. The lowest BCUT2D eigenvalue weighted by Gasteiger charge is -2.30. The molecule has 0 saturated carbocycles. The number of halogens is 2. The second-order valence-corrected chi connectivity index (χ2v) is 8.42. The predicted molar refractivity (Wildman–Crippen MR) is 124 cm³/mol. The maximum Gasteiger partial charge on any atom is 0.254 e. The van der Waals surface area contributed by atoms with E-state index in [-0.39, 0.29) is 18.1 Å². The van der Waals surface area contributed by atoms with Crippen LogP contribution in [-0.4, -0.2) is 54.8 Å². The molecule has 0 radical (unpaired) electrons. The second-order valence-electron chi connectivity index (χ2n) is 8.42. The number of rotatable bonds is 7. The normalized spacial score (nSPS) is 14.8. The van der Waals surface area contributed by atoms with Gasteiger partial charge in [0.1, 0.15) is 12.3 Å². The van der Waals surface area contributed by atoms with E-state index in [4.69, 9.17) is 9.47 Å². The molecule has 0 aliphatic carbocycles. The van der Waals surface area contributed by atoms with Gasteiger partial charge in [-0.25, -0.2) is 4.39 Å². The fourth-order valence-electron chi connectivity index (χ4n) is 3.44. The van der Waals surface area contributed by atoms with Crippen molar-refractivity contribution in [2.45, 2.75) is 19.4 Å². The van der Waals surface area contributed by atoms with Gasteiger partial charge < -0.3 is 19.5 Å². The number of hydrogen-bond acceptors (Lipinski definition) is 7. The minimum atomic E-state index is -1.22. The number of anilines is 2. The highest BCUT2D eigenvalue weighted by molar-refractivity contribution is 5.90. The zero-order valence-electron chi connectivity index (χ0n) is 18.5. The number of pyridine rings is 1. The van der Waals surface area contributed by atoms with Gasteiger partial charge in [-0.05, 0) is 36.2 Å². The summed E-state index contributed by atoms with van der Waals surface area (Å²) >= 11 is 0. The second kappa shape index (κ2) is 9.68. The number of hydrogen-bond donors (Lipinski definition) is 2. The molecule has 2 aromatic carbocycles. The van der Waals surface area contributed by atoms with Gasteiger partial charge in [0.2, 0.25) is 5.82 Å². The Hall–Kier alpha value is -3.30. The number of hydrazone groups is 1. The van der Waals surface area contributed by atoms with Crippen LogP contribution in [0.4, 0.5) is 20.3 Å². The van der Waals surface area contributed by atoms with Crippen molar-refractivity contribution in [3.63, 3.8) is 0 Å². The van der Waals surface area contributed by atoms with E-state index in [9.17, 15) is 5.11 Å². The van der Waals surface area contributed by atoms with Crippen molar-refractivity contribution in [1.82, 2.24) is 4.98 Å². The number of ether oxygens (including phenoxy) is 2. The van der Waals surface area contributed by atoms with Crippen molar-refractivity contribution in [2.24, 2.45) is 5.10 Å². The van der Waals surface area contributed by atoms with Crippen LogP contribution in [0.5, 0.6) is 5.88 Å². The maximum atomic E-state index is 15.3. The minimum Gasteiger partial charge on any atom is -0.472 e. The Labute approximate surface area is 190 Å². The van der Waals surface area contributed by atoms with Crippen LogP contribution < -0.4 is 15.1 Å². The SMILES string of the molecule is CC(C)(O)COc1nc(N/N=C/c2ccc3ccccc3c2)c(F)c(N2CCOCC2)c1F. The molecule has 1 fully saturated rings. The molecule has 0 unspecified atom stereocenters. The average molecular weight is 456 g/mol. The average Bonchev–Trinajstić information content (AvgIpc) is 2.80. The Balaban J connectivity index is 1.62. The van der Waals surface area contributed by atoms with Crippen LogP contribution in [0.1, 0.15) is 19.4 Å². The van der Waals surface area contributed by atoms with Gasteiger partial charge in [0.05, 0.1) is 25.0 Å². The molecule has 1 aliphatic heterocycles. The molecular formula is C24H26F2N4O3. The van der Waals surface area contributed by atoms with Gasteiger partial charge in [-0.2, -0.15) is 14.5 Å². The number of morpholine rings is 1. The van der Waals surface area contributed by atoms with E-state index < -0.39 is 23.1 Å². The van der Waals surface area contributed by atoms with E-state index in [1.54, 1.807) is 4.90 Å². The lowest BCUT2D eigenvalue weighted by molar-refractivity contribution is 0.0254. The van der Waals surface area contributed by atoms with Gasteiger partial charge in [0.15, 0.2) is 11.6 Å². The molecule has 2 heterocycles. The summed E-state index contributed by atoms with van der Waals surface area (Å²) in [6.07, 6.45) is 1.53. The molecule has 2 N–H and O–H groups in total.